The van der Waals surface area contributed by atoms with Crippen LogP contribution in [0.1, 0.15) is 32.1 Å². The minimum absolute atomic E-state index is 0. The normalized spacial score (nSPS) is 15.6. The maximum absolute atomic E-state index is 11.9. The zero-order valence-electron chi connectivity index (χ0n) is 17.4. The van der Waals surface area contributed by atoms with Gasteiger partial charge in [0.2, 0.25) is 0 Å². The molecule has 0 aliphatic carbocycles. The van der Waals surface area contributed by atoms with E-state index in [-0.39, 0.29) is 30.6 Å². The van der Waals surface area contributed by atoms with Crippen molar-refractivity contribution in [1.82, 2.24) is 9.55 Å². The maximum Gasteiger partial charge on any atom is 0 e. The standard InChI is InChI=1S/C16H20N2O5.3CO.CH3.Fe/c1-4-12-11(6-7-14(19)22-5-2)8-13(23-12)18-9-10(3)15(20)17-16(18)21;3*1-2;;/h6-9,12-13H,4-5H2,1-3H3,(H,17,20,21);;;;1H3;/q;;;;-1;/b7-6+;;;;;/t12-,13-;;;;;/m1...../s1. The van der Waals surface area contributed by atoms with Crippen LogP contribution >= 0.6 is 0 Å². The molecule has 1 aromatic heterocycles. The van der Waals surface area contributed by atoms with Gasteiger partial charge in [0.05, 0.1) is 12.7 Å². The van der Waals surface area contributed by atoms with Crippen molar-refractivity contribution in [1.29, 1.82) is 0 Å². The van der Waals surface area contributed by atoms with Gasteiger partial charge in [-0.25, -0.2) is 9.59 Å². The predicted molar refractivity (Wildman–Crippen MR) is 102 cm³/mol. The summed E-state index contributed by atoms with van der Waals surface area (Å²) in [5.74, 6) is -0.427. The molecule has 0 saturated heterocycles. The maximum atomic E-state index is 11.9. The second-order valence-electron chi connectivity index (χ2n) is 5.15. The number of nitrogens with one attached hydrogen (secondary N) is 1. The first-order chi connectivity index (χ1) is 14.0. The molecule has 0 radical (unpaired) electrons. The molecule has 0 aromatic carbocycles. The molecular formula is C20H23FeN2O8-. The number of hydrogen-bond donors (Lipinski definition) is 1. The fraction of sp³-hybridized carbons (Fsp3) is 0.350. The quantitative estimate of drug-likeness (QED) is 0.225. The molecule has 2 heterocycles. The Balaban J connectivity index is -0.000000419. The summed E-state index contributed by atoms with van der Waals surface area (Å²) in [6, 6.07) is 0. The zero-order chi connectivity index (χ0) is 23.0. The number of esters is 1. The van der Waals surface area contributed by atoms with Crippen molar-refractivity contribution in [2.24, 2.45) is 0 Å². The molecule has 2 rings (SSSR count). The molecule has 0 spiro atoms. The summed E-state index contributed by atoms with van der Waals surface area (Å²) >= 11 is 0. The summed E-state index contributed by atoms with van der Waals surface area (Å²) in [6.45, 7) is 19.1. The Morgan fingerprint density at radius 1 is 1.23 bits per heavy atom. The van der Waals surface area contributed by atoms with Gasteiger partial charge in [0, 0.05) is 34.9 Å². The van der Waals surface area contributed by atoms with E-state index in [9.17, 15) is 14.4 Å². The third-order valence-electron chi connectivity index (χ3n) is 3.50. The van der Waals surface area contributed by atoms with Crippen molar-refractivity contribution in [2.45, 2.75) is 39.5 Å². The number of hydrogen-bond acceptors (Lipinski definition) is 5. The minimum atomic E-state index is -0.621. The van der Waals surface area contributed by atoms with Crippen molar-refractivity contribution in [3.05, 3.63) is 83.8 Å². The van der Waals surface area contributed by atoms with E-state index in [1.807, 2.05) is 6.92 Å². The van der Waals surface area contributed by atoms with Crippen molar-refractivity contribution in [2.75, 3.05) is 6.61 Å². The van der Waals surface area contributed by atoms with Crippen LogP contribution < -0.4 is 11.2 Å². The Labute approximate surface area is 191 Å². The van der Waals surface area contributed by atoms with Crippen LogP contribution in [0, 0.1) is 34.3 Å². The number of aromatic amines is 1. The first kappa shape index (κ1) is 35.7. The average Bonchev–Trinajstić information content (AvgIpc) is 3.17. The number of carbonyl (C=O) groups is 1. The number of aromatic nitrogens is 2. The summed E-state index contributed by atoms with van der Waals surface area (Å²) in [7, 11) is 0. The van der Waals surface area contributed by atoms with Gasteiger partial charge >= 0.3 is 45.6 Å². The molecule has 0 amide bonds. The molecule has 1 aliphatic rings. The smallest absolute Gasteiger partial charge is 0 e. The van der Waals surface area contributed by atoms with E-state index in [0.29, 0.717) is 18.6 Å². The van der Waals surface area contributed by atoms with Crippen LogP contribution in [-0.2, 0) is 45.3 Å². The van der Waals surface area contributed by atoms with Crippen LogP contribution in [0.15, 0.2) is 39.6 Å². The average molecular weight is 475 g/mol. The molecule has 170 valence electrons. The second-order valence-corrected chi connectivity index (χ2v) is 5.15. The largest absolute Gasteiger partial charge is 0.358 e. The van der Waals surface area contributed by atoms with Crippen LogP contribution in [0.25, 0.3) is 0 Å². The Morgan fingerprint density at radius 2 is 1.77 bits per heavy atom. The molecule has 0 fully saturated rings. The monoisotopic (exact) mass is 475 g/mol. The molecule has 31 heavy (non-hydrogen) atoms. The van der Waals surface area contributed by atoms with E-state index >= 15 is 0 Å². The van der Waals surface area contributed by atoms with Crippen molar-refractivity contribution < 1.29 is 45.3 Å². The molecule has 10 nitrogen and oxygen atoms in total. The molecule has 0 saturated carbocycles. The van der Waals surface area contributed by atoms with Gasteiger partial charge in [0.25, 0.3) is 5.56 Å². The Hall–Kier alpha value is -2.67. The van der Waals surface area contributed by atoms with Gasteiger partial charge in [-0.05, 0) is 38.0 Å². The van der Waals surface area contributed by atoms with Crippen LogP contribution in [0.2, 0.25) is 0 Å². The van der Waals surface area contributed by atoms with Crippen LogP contribution in [-0.4, -0.2) is 28.2 Å². The number of ether oxygens (including phenoxy) is 2. The van der Waals surface area contributed by atoms with Crippen LogP contribution in [0.5, 0.6) is 0 Å². The van der Waals surface area contributed by atoms with E-state index in [2.05, 4.69) is 24.9 Å². The number of aryl methyl sites for hydroxylation is 1. The summed E-state index contributed by atoms with van der Waals surface area (Å²) in [5.41, 5.74) is 0.265. The van der Waals surface area contributed by atoms with Crippen molar-refractivity contribution >= 4 is 5.97 Å². The summed E-state index contributed by atoms with van der Waals surface area (Å²) in [4.78, 5) is 37.0. The Kier molecular flexibility index (Phi) is 23.7. The SMILES string of the molecule is CCOC(=O)/C=C/C1=C[C@H](n2cc(C)c(=O)[nH]c2=O)O[C@@H]1CC.[C-]#[O+].[C-]#[O+].[C-]#[O+].[CH3-].[Fe]. The van der Waals surface area contributed by atoms with Gasteiger partial charge < -0.3 is 16.9 Å². The van der Waals surface area contributed by atoms with Crippen molar-refractivity contribution in [3.63, 3.8) is 0 Å². The number of H-pyrrole nitrogens is 1. The molecule has 1 aromatic rings. The van der Waals surface area contributed by atoms with Gasteiger partial charge in [-0.1, -0.05) is 6.92 Å². The molecule has 11 heteroatoms. The van der Waals surface area contributed by atoms with E-state index < -0.39 is 23.4 Å². The zero-order valence-corrected chi connectivity index (χ0v) is 18.5. The topological polar surface area (TPSA) is 150 Å². The van der Waals surface area contributed by atoms with Gasteiger partial charge in [0.15, 0.2) is 6.23 Å². The van der Waals surface area contributed by atoms with Gasteiger partial charge in [-0.3, -0.25) is 14.3 Å². The first-order valence-electron chi connectivity index (χ1n) is 8.11. The van der Waals surface area contributed by atoms with Crippen LogP contribution in [0.4, 0.5) is 0 Å². The van der Waals surface area contributed by atoms with Crippen molar-refractivity contribution in [3.8, 4) is 0 Å². The molecular weight excluding hydrogens is 452 g/mol. The third-order valence-corrected chi connectivity index (χ3v) is 3.50. The number of rotatable bonds is 5. The fourth-order valence-corrected chi connectivity index (χ4v) is 2.33. The molecule has 1 aliphatic heterocycles. The summed E-state index contributed by atoms with van der Waals surface area (Å²) in [6.07, 6.45) is 6.03. The Morgan fingerprint density at radius 3 is 2.26 bits per heavy atom. The van der Waals surface area contributed by atoms with E-state index in [0.717, 1.165) is 5.57 Å². The first-order valence-corrected chi connectivity index (χ1v) is 8.11. The summed E-state index contributed by atoms with van der Waals surface area (Å²) in [5, 5.41) is 0. The van der Waals surface area contributed by atoms with E-state index in [1.165, 1.54) is 16.8 Å². The van der Waals surface area contributed by atoms with Gasteiger partial charge in [-0.15, -0.1) is 0 Å². The number of nitrogens with zero attached hydrogens (tertiary/aromatic N) is 1. The van der Waals surface area contributed by atoms with Gasteiger partial charge in [0.1, 0.15) is 0 Å². The molecule has 2 atom stereocenters. The molecule has 0 bridgehead atoms. The minimum Gasteiger partial charge on any atom is -0.358 e. The predicted octanol–water partition coefficient (Wildman–Crippen LogP) is 1.53. The van der Waals surface area contributed by atoms with Crippen LogP contribution in [0.3, 0.4) is 0 Å². The molecule has 0 unspecified atom stereocenters. The van der Waals surface area contributed by atoms with E-state index in [1.54, 1.807) is 26.0 Å². The number of carbonyl (C=O) groups excluding carboxylic acids is 1. The second kappa shape index (κ2) is 20.6. The van der Waals surface area contributed by atoms with E-state index in [4.69, 9.17) is 23.4 Å². The molecule has 1 N–H and O–H groups in total. The summed E-state index contributed by atoms with van der Waals surface area (Å²) < 4.78 is 34.5. The Bertz CT molecular complexity index is 879. The fourth-order valence-electron chi connectivity index (χ4n) is 2.33. The third kappa shape index (κ3) is 11.3. The van der Waals surface area contributed by atoms with Gasteiger partial charge in [-0.2, -0.15) is 0 Å².